The lowest BCUT2D eigenvalue weighted by atomic mass is 10.1. The zero-order chi connectivity index (χ0) is 22.3. The van der Waals surface area contributed by atoms with Gasteiger partial charge in [0.2, 0.25) is 0 Å². The minimum atomic E-state index is -4.42. The van der Waals surface area contributed by atoms with Gasteiger partial charge in [-0.1, -0.05) is 11.6 Å². The Balaban J connectivity index is 1.50. The molecular weight excluding hydrogens is 451 g/mol. The van der Waals surface area contributed by atoms with Crippen molar-refractivity contribution in [1.82, 2.24) is 9.78 Å². The maximum absolute atomic E-state index is 13.4. The number of hydrogen-bond donors (Lipinski definition) is 0. The Morgan fingerprint density at radius 1 is 1.29 bits per heavy atom. The van der Waals surface area contributed by atoms with Crippen LogP contribution in [0.15, 0.2) is 35.7 Å². The molecular formula is C21H19ClF3N3O2S. The van der Waals surface area contributed by atoms with Crippen LogP contribution in [0.3, 0.4) is 0 Å². The summed E-state index contributed by atoms with van der Waals surface area (Å²) < 4.78 is 46.8. The van der Waals surface area contributed by atoms with Crippen molar-refractivity contribution in [2.75, 3.05) is 11.4 Å². The lowest BCUT2D eigenvalue weighted by molar-refractivity contribution is -0.172. The van der Waals surface area contributed by atoms with E-state index in [1.54, 1.807) is 30.5 Å². The number of carbonyl (C=O) groups is 1. The topological polar surface area (TPSA) is 47.4 Å². The smallest absolute Gasteiger partial charge is 0.410 e. The van der Waals surface area contributed by atoms with Gasteiger partial charge < -0.3 is 4.74 Å². The van der Waals surface area contributed by atoms with E-state index in [0.29, 0.717) is 21.3 Å². The number of aryl methyl sites for hydroxylation is 2. The highest BCUT2D eigenvalue weighted by Gasteiger charge is 2.46. The van der Waals surface area contributed by atoms with Crippen molar-refractivity contribution in [2.24, 2.45) is 0 Å². The highest BCUT2D eigenvalue weighted by molar-refractivity contribution is 7.12. The van der Waals surface area contributed by atoms with Crippen LogP contribution in [0, 0.1) is 13.8 Å². The molecule has 1 amide bonds. The molecule has 3 aromatic rings. The van der Waals surface area contributed by atoms with Gasteiger partial charge in [0, 0.05) is 23.2 Å². The molecule has 10 heteroatoms. The van der Waals surface area contributed by atoms with Crippen LogP contribution in [0.2, 0.25) is 5.02 Å². The first-order chi connectivity index (χ1) is 14.6. The largest absolute Gasteiger partial charge is 0.489 e. The van der Waals surface area contributed by atoms with Crippen LogP contribution in [-0.2, 0) is 6.61 Å². The van der Waals surface area contributed by atoms with E-state index in [2.05, 4.69) is 5.10 Å². The van der Waals surface area contributed by atoms with Crippen LogP contribution in [0.1, 0.15) is 39.0 Å². The Bertz CT molecular complexity index is 1130. The Morgan fingerprint density at radius 3 is 2.77 bits per heavy atom. The van der Waals surface area contributed by atoms with E-state index in [0.717, 1.165) is 15.8 Å². The second kappa shape index (κ2) is 8.20. The van der Waals surface area contributed by atoms with Gasteiger partial charge in [-0.3, -0.25) is 9.69 Å². The molecule has 1 aliphatic rings. The first-order valence-corrected chi connectivity index (χ1v) is 10.8. The number of fused-ring (bicyclic) bond motifs is 1. The monoisotopic (exact) mass is 469 g/mol. The molecule has 0 radical (unpaired) electrons. The van der Waals surface area contributed by atoms with Crippen molar-refractivity contribution in [3.8, 4) is 5.75 Å². The Kier molecular flexibility index (Phi) is 5.74. The van der Waals surface area contributed by atoms with Gasteiger partial charge >= 0.3 is 6.18 Å². The number of anilines is 1. The second-order valence-electron chi connectivity index (χ2n) is 7.41. The summed E-state index contributed by atoms with van der Waals surface area (Å²) >= 11 is 7.25. The minimum absolute atomic E-state index is 0.0259. The van der Waals surface area contributed by atoms with Crippen LogP contribution >= 0.6 is 22.9 Å². The second-order valence-corrected chi connectivity index (χ2v) is 8.73. The zero-order valence-electron chi connectivity index (χ0n) is 16.7. The van der Waals surface area contributed by atoms with Crippen molar-refractivity contribution in [3.63, 3.8) is 0 Å². The summed E-state index contributed by atoms with van der Waals surface area (Å²) in [5.41, 5.74) is 2.13. The summed E-state index contributed by atoms with van der Waals surface area (Å²) in [6, 6.07) is 6.84. The van der Waals surface area contributed by atoms with Crippen LogP contribution in [0.25, 0.3) is 0 Å². The molecule has 1 unspecified atom stereocenters. The van der Waals surface area contributed by atoms with E-state index in [1.807, 2.05) is 13.0 Å². The normalized spacial score (nSPS) is 16.3. The highest BCUT2D eigenvalue weighted by Crippen LogP contribution is 2.40. The van der Waals surface area contributed by atoms with Gasteiger partial charge in [0.15, 0.2) is 6.04 Å². The Morgan fingerprint density at radius 2 is 2.06 bits per heavy atom. The molecule has 31 heavy (non-hydrogen) atoms. The number of halogens is 4. The number of benzene rings is 1. The van der Waals surface area contributed by atoms with Gasteiger partial charge in [0.05, 0.1) is 10.6 Å². The third kappa shape index (κ3) is 4.43. The van der Waals surface area contributed by atoms with E-state index in [9.17, 15) is 18.0 Å². The summed E-state index contributed by atoms with van der Waals surface area (Å²) in [5, 5.41) is 6.44. The highest BCUT2D eigenvalue weighted by atomic mass is 35.5. The summed E-state index contributed by atoms with van der Waals surface area (Å²) in [4.78, 5) is 14.9. The number of alkyl halides is 3. The minimum Gasteiger partial charge on any atom is -0.489 e. The zero-order valence-corrected chi connectivity index (χ0v) is 18.3. The quantitative estimate of drug-likeness (QED) is 0.474. The van der Waals surface area contributed by atoms with Crippen molar-refractivity contribution < 1.29 is 22.7 Å². The number of thiophene rings is 1. The standard InChI is InChI=1S/C21H19ClF3N3O2S/c1-12-7-15(3-4-16(12)22)30-10-14-9-17(31-11-14)20(29)27-6-5-18(21(23,24)25)28-19(27)8-13(2)26-28/h3-4,7-9,11,18H,5-6,10H2,1-2H3. The first-order valence-electron chi connectivity index (χ1n) is 9.54. The van der Waals surface area contributed by atoms with Gasteiger partial charge in [-0.25, -0.2) is 4.68 Å². The SMILES string of the molecule is Cc1cc2n(n1)C(C(F)(F)F)CCN2C(=O)c1cc(COc2ccc(Cl)c(C)c2)cs1. The van der Waals surface area contributed by atoms with Gasteiger partial charge in [-0.15, -0.1) is 11.3 Å². The molecule has 0 saturated carbocycles. The average molecular weight is 470 g/mol. The van der Waals surface area contributed by atoms with Crippen LogP contribution < -0.4 is 9.64 Å². The fourth-order valence-electron chi connectivity index (χ4n) is 3.50. The molecule has 0 N–H and O–H groups in total. The maximum atomic E-state index is 13.4. The third-order valence-corrected chi connectivity index (χ3v) is 6.45. The van der Waals surface area contributed by atoms with E-state index in [-0.39, 0.29) is 31.3 Å². The predicted molar refractivity (Wildman–Crippen MR) is 113 cm³/mol. The summed E-state index contributed by atoms with van der Waals surface area (Å²) in [5.74, 6) is 0.480. The molecule has 0 spiro atoms. The summed E-state index contributed by atoms with van der Waals surface area (Å²) in [6.45, 7) is 3.73. The number of rotatable bonds is 4. The van der Waals surface area contributed by atoms with E-state index in [4.69, 9.17) is 16.3 Å². The number of nitrogens with zero attached hydrogens (tertiary/aromatic N) is 3. The fourth-order valence-corrected chi connectivity index (χ4v) is 4.46. The third-order valence-electron chi connectivity index (χ3n) is 5.06. The molecule has 2 aromatic heterocycles. The van der Waals surface area contributed by atoms with Crippen molar-refractivity contribution >= 4 is 34.7 Å². The average Bonchev–Trinajstić information content (AvgIpc) is 3.32. The van der Waals surface area contributed by atoms with Crippen molar-refractivity contribution in [2.45, 2.75) is 39.1 Å². The molecule has 5 nitrogen and oxygen atoms in total. The van der Waals surface area contributed by atoms with Gasteiger partial charge in [-0.05, 0) is 55.5 Å². The molecule has 1 aromatic carbocycles. The predicted octanol–water partition coefficient (Wildman–Crippen LogP) is 5.95. The molecule has 0 bridgehead atoms. The maximum Gasteiger partial charge on any atom is 0.410 e. The van der Waals surface area contributed by atoms with Gasteiger partial charge in [0.1, 0.15) is 18.2 Å². The molecule has 0 saturated heterocycles. The lowest BCUT2D eigenvalue weighted by Crippen LogP contribution is -2.42. The number of amides is 1. The molecule has 1 atom stereocenters. The molecule has 0 aliphatic carbocycles. The molecule has 4 rings (SSSR count). The Labute approximate surface area is 186 Å². The number of carbonyl (C=O) groups excluding carboxylic acids is 1. The summed E-state index contributed by atoms with van der Waals surface area (Å²) in [6.07, 6.45) is -4.66. The van der Waals surface area contributed by atoms with Crippen LogP contribution in [0.4, 0.5) is 19.0 Å². The number of ether oxygens (including phenoxy) is 1. The first kappa shape index (κ1) is 21.7. The number of aromatic nitrogens is 2. The van der Waals surface area contributed by atoms with Crippen molar-refractivity contribution in [3.05, 3.63) is 62.4 Å². The molecule has 164 valence electrons. The molecule has 3 heterocycles. The van der Waals surface area contributed by atoms with Crippen molar-refractivity contribution in [1.29, 1.82) is 0 Å². The lowest BCUT2D eigenvalue weighted by Gasteiger charge is -2.33. The van der Waals surface area contributed by atoms with E-state index < -0.39 is 12.2 Å². The van der Waals surface area contributed by atoms with E-state index in [1.165, 1.54) is 22.3 Å². The van der Waals surface area contributed by atoms with Crippen LogP contribution in [0.5, 0.6) is 5.75 Å². The van der Waals surface area contributed by atoms with E-state index >= 15 is 0 Å². The molecule has 1 aliphatic heterocycles. The van der Waals surface area contributed by atoms with Crippen LogP contribution in [-0.4, -0.2) is 28.4 Å². The Hall–Kier alpha value is -2.52. The van der Waals surface area contributed by atoms with Gasteiger partial charge in [-0.2, -0.15) is 18.3 Å². The molecule has 0 fully saturated rings. The number of hydrogen-bond acceptors (Lipinski definition) is 4. The summed E-state index contributed by atoms with van der Waals surface area (Å²) in [7, 11) is 0. The van der Waals surface area contributed by atoms with Gasteiger partial charge in [0.25, 0.3) is 5.91 Å². The fraction of sp³-hybridized carbons (Fsp3) is 0.333.